The molecule has 1 N–H and O–H groups in total. The molecule has 0 fully saturated rings. The molecule has 0 bridgehead atoms. The second kappa shape index (κ2) is 9.64. The molecule has 0 aliphatic rings. The highest BCUT2D eigenvalue weighted by atomic mass is 16.5. The molecule has 3 aromatic rings. The fourth-order valence-corrected chi connectivity index (χ4v) is 3.00. The van der Waals surface area contributed by atoms with Crippen LogP contribution in [0.4, 0.5) is 0 Å². The number of methoxy groups -OCH3 is 2. The zero-order valence-electron chi connectivity index (χ0n) is 16.8. The van der Waals surface area contributed by atoms with Crippen molar-refractivity contribution in [2.24, 2.45) is 0 Å². The summed E-state index contributed by atoms with van der Waals surface area (Å²) >= 11 is 0. The van der Waals surface area contributed by atoms with Crippen molar-refractivity contribution in [3.8, 4) is 17.2 Å². The van der Waals surface area contributed by atoms with Gasteiger partial charge in [-0.3, -0.25) is 4.79 Å². The van der Waals surface area contributed by atoms with Gasteiger partial charge in [0.2, 0.25) is 0 Å². The summed E-state index contributed by atoms with van der Waals surface area (Å²) in [5.74, 6) is 1.62. The number of benzene rings is 3. The first-order chi connectivity index (χ1) is 14.1. The topological polar surface area (TPSA) is 56.8 Å². The standard InChI is InChI=1S/C24H25NO4/c1-17(19-13-14-22(27-2)23(15-19)28-3)25-24(26)20-11-7-8-12-21(20)29-16-18-9-5-4-6-10-18/h4-15,17H,16H2,1-3H3,(H,25,26)/t17-/m0/s1. The molecule has 0 saturated carbocycles. The van der Waals surface area contributed by atoms with Crippen molar-refractivity contribution < 1.29 is 19.0 Å². The minimum absolute atomic E-state index is 0.198. The molecule has 0 radical (unpaired) electrons. The fraction of sp³-hybridized carbons (Fsp3) is 0.208. The van der Waals surface area contributed by atoms with Crippen LogP contribution < -0.4 is 19.5 Å². The number of nitrogens with one attached hydrogen (secondary N) is 1. The Morgan fingerprint density at radius 3 is 2.28 bits per heavy atom. The lowest BCUT2D eigenvalue weighted by Crippen LogP contribution is -2.27. The van der Waals surface area contributed by atoms with E-state index in [9.17, 15) is 4.79 Å². The number of rotatable bonds is 8. The highest BCUT2D eigenvalue weighted by molar-refractivity contribution is 5.97. The molecule has 0 aromatic heterocycles. The van der Waals surface area contributed by atoms with Crippen LogP contribution in [0.3, 0.4) is 0 Å². The maximum Gasteiger partial charge on any atom is 0.255 e. The SMILES string of the molecule is COc1ccc([C@H](C)NC(=O)c2ccccc2OCc2ccccc2)cc1OC. The van der Waals surface area contributed by atoms with Gasteiger partial charge >= 0.3 is 0 Å². The molecule has 5 nitrogen and oxygen atoms in total. The lowest BCUT2D eigenvalue weighted by molar-refractivity contribution is 0.0935. The number of para-hydroxylation sites is 1. The Kier molecular flexibility index (Phi) is 6.74. The number of hydrogen-bond acceptors (Lipinski definition) is 4. The molecule has 3 rings (SSSR count). The van der Waals surface area contributed by atoms with Crippen LogP contribution in [-0.4, -0.2) is 20.1 Å². The number of carbonyl (C=O) groups is 1. The van der Waals surface area contributed by atoms with Crippen LogP contribution in [-0.2, 0) is 6.61 Å². The van der Waals surface area contributed by atoms with E-state index >= 15 is 0 Å². The van der Waals surface area contributed by atoms with Crippen molar-refractivity contribution in [1.29, 1.82) is 0 Å². The van der Waals surface area contributed by atoms with Gasteiger partial charge < -0.3 is 19.5 Å². The Morgan fingerprint density at radius 1 is 0.862 bits per heavy atom. The van der Waals surface area contributed by atoms with Crippen LogP contribution in [0.25, 0.3) is 0 Å². The first-order valence-electron chi connectivity index (χ1n) is 9.41. The normalized spacial score (nSPS) is 11.4. The van der Waals surface area contributed by atoms with Crippen LogP contribution in [0.5, 0.6) is 17.2 Å². The first-order valence-corrected chi connectivity index (χ1v) is 9.41. The van der Waals surface area contributed by atoms with Gasteiger partial charge in [0.15, 0.2) is 11.5 Å². The molecule has 0 heterocycles. The maximum atomic E-state index is 12.9. The first kappa shape index (κ1) is 20.3. The zero-order valence-corrected chi connectivity index (χ0v) is 16.8. The van der Waals surface area contributed by atoms with Gasteiger partial charge in [-0.05, 0) is 42.3 Å². The van der Waals surface area contributed by atoms with E-state index in [1.165, 1.54) is 0 Å². The molecular weight excluding hydrogens is 366 g/mol. The van der Waals surface area contributed by atoms with E-state index in [1.54, 1.807) is 26.4 Å². The third-order valence-electron chi connectivity index (χ3n) is 4.62. The maximum absolute atomic E-state index is 12.9. The van der Waals surface area contributed by atoms with Crippen LogP contribution >= 0.6 is 0 Å². The second-order valence-corrected chi connectivity index (χ2v) is 6.58. The minimum atomic E-state index is -0.218. The van der Waals surface area contributed by atoms with Gasteiger partial charge in [-0.25, -0.2) is 0 Å². The highest BCUT2D eigenvalue weighted by Gasteiger charge is 2.17. The number of ether oxygens (including phenoxy) is 3. The summed E-state index contributed by atoms with van der Waals surface area (Å²) in [6, 6.07) is 22.5. The van der Waals surface area contributed by atoms with Crippen LogP contribution in [0.1, 0.15) is 34.5 Å². The van der Waals surface area contributed by atoms with Crippen molar-refractivity contribution in [3.63, 3.8) is 0 Å². The van der Waals surface area contributed by atoms with Gasteiger partial charge in [-0.1, -0.05) is 48.5 Å². The molecule has 0 saturated heterocycles. The fourth-order valence-electron chi connectivity index (χ4n) is 3.00. The van der Waals surface area contributed by atoms with Crippen LogP contribution in [0.2, 0.25) is 0 Å². The largest absolute Gasteiger partial charge is 0.493 e. The van der Waals surface area contributed by atoms with E-state index < -0.39 is 0 Å². The molecule has 0 spiro atoms. The Bertz CT molecular complexity index is 956. The van der Waals surface area contributed by atoms with Crippen molar-refractivity contribution in [2.75, 3.05) is 14.2 Å². The molecule has 0 aliphatic carbocycles. The summed E-state index contributed by atoms with van der Waals surface area (Å²) in [5.41, 5.74) is 2.45. The monoisotopic (exact) mass is 391 g/mol. The van der Waals surface area contributed by atoms with Gasteiger partial charge in [0.1, 0.15) is 12.4 Å². The van der Waals surface area contributed by atoms with Gasteiger partial charge in [0, 0.05) is 0 Å². The lowest BCUT2D eigenvalue weighted by atomic mass is 10.1. The summed E-state index contributed by atoms with van der Waals surface area (Å²) in [7, 11) is 3.18. The molecule has 3 aromatic carbocycles. The van der Waals surface area contributed by atoms with Gasteiger partial charge in [0.25, 0.3) is 5.91 Å². The van der Waals surface area contributed by atoms with E-state index in [0.717, 1.165) is 11.1 Å². The van der Waals surface area contributed by atoms with E-state index in [1.807, 2.05) is 67.6 Å². The summed E-state index contributed by atoms with van der Waals surface area (Å²) in [5, 5.41) is 3.02. The van der Waals surface area contributed by atoms with Crippen molar-refractivity contribution >= 4 is 5.91 Å². The third kappa shape index (κ3) is 5.08. The average molecular weight is 391 g/mol. The lowest BCUT2D eigenvalue weighted by Gasteiger charge is -2.18. The number of carbonyl (C=O) groups excluding carboxylic acids is 1. The number of hydrogen-bond donors (Lipinski definition) is 1. The van der Waals surface area contributed by atoms with E-state index in [4.69, 9.17) is 14.2 Å². The van der Waals surface area contributed by atoms with E-state index in [-0.39, 0.29) is 11.9 Å². The summed E-state index contributed by atoms with van der Waals surface area (Å²) in [4.78, 5) is 12.9. The van der Waals surface area contributed by atoms with Crippen molar-refractivity contribution in [2.45, 2.75) is 19.6 Å². The van der Waals surface area contributed by atoms with Gasteiger partial charge in [-0.15, -0.1) is 0 Å². The van der Waals surface area contributed by atoms with Crippen LogP contribution in [0.15, 0.2) is 72.8 Å². The molecule has 0 aliphatic heterocycles. The van der Waals surface area contributed by atoms with E-state index in [2.05, 4.69) is 5.32 Å². The minimum Gasteiger partial charge on any atom is -0.493 e. The summed E-state index contributed by atoms with van der Waals surface area (Å²) in [6.07, 6.45) is 0. The number of amides is 1. The summed E-state index contributed by atoms with van der Waals surface area (Å²) < 4.78 is 16.5. The Morgan fingerprint density at radius 2 is 1.55 bits per heavy atom. The Balaban J connectivity index is 1.72. The molecule has 0 unspecified atom stereocenters. The zero-order chi connectivity index (χ0) is 20.6. The summed E-state index contributed by atoms with van der Waals surface area (Å²) in [6.45, 7) is 2.32. The molecular formula is C24H25NO4. The molecule has 1 atom stereocenters. The predicted molar refractivity (Wildman–Crippen MR) is 113 cm³/mol. The van der Waals surface area contributed by atoms with Gasteiger partial charge in [0.05, 0.1) is 25.8 Å². The molecule has 150 valence electrons. The molecule has 1 amide bonds. The molecule has 5 heteroatoms. The smallest absolute Gasteiger partial charge is 0.255 e. The Hall–Kier alpha value is -3.47. The van der Waals surface area contributed by atoms with Crippen molar-refractivity contribution in [3.05, 3.63) is 89.5 Å². The average Bonchev–Trinajstić information content (AvgIpc) is 2.78. The van der Waals surface area contributed by atoms with Crippen molar-refractivity contribution in [1.82, 2.24) is 5.32 Å². The highest BCUT2D eigenvalue weighted by Crippen LogP contribution is 2.30. The second-order valence-electron chi connectivity index (χ2n) is 6.58. The molecule has 29 heavy (non-hydrogen) atoms. The quantitative estimate of drug-likeness (QED) is 0.601. The van der Waals surface area contributed by atoms with Gasteiger partial charge in [-0.2, -0.15) is 0 Å². The predicted octanol–water partition coefficient (Wildman–Crippen LogP) is 4.77. The third-order valence-corrected chi connectivity index (χ3v) is 4.62. The van der Waals surface area contributed by atoms with E-state index in [0.29, 0.717) is 29.4 Å². The Labute approximate surface area is 171 Å². The van der Waals surface area contributed by atoms with Crippen LogP contribution in [0, 0.1) is 0 Å².